The summed E-state index contributed by atoms with van der Waals surface area (Å²) in [5, 5.41) is 2.65. The number of fused-ring (bicyclic) bond motifs is 12. The maximum atomic E-state index is 2.54. The number of para-hydroxylation sites is 2. The third kappa shape index (κ3) is 2.16. The second kappa shape index (κ2) is 6.52. The van der Waals surface area contributed by atoms with Crippen molar-refractivity contribution in [3.63, 3.8) is 0 Å². The predicted octanol–water partition coefficient (Wildman–Crippen LogP) is 8.58. The minimum absolute atomic E-state index is 0.331. The first-order valence-electron chi connectivity index (χ1n) is 12.6. The minimum Gasteiger partial charge on any atom is -0.309 e. The third-order valence-electron chi connectivity index (χ3n) is 8.38. The molecule has 0 saturated heterocycles. The number of benzene rings is 5. The summed E-state index contributed by atoms with van der Waals surface area (Å²) in [6.07, 6.45) is 0. The van der Waals surface area contributed by atoms with Gasteiger partial charge in [0.2, 0.25) is 0 Å². The van der Waals surface area contributed by atoms with E-state index in [9.17, 15) is 0 Å². The van der Waals surface area contributed by atoms with Crippen LogP contribution >= 0.6 is 0 Å². The van der Waals surface area contributed by atoms with Gasteiger partial charge in [-0.2, -0.15) is 0 Å². The van der Waals surface area contributed by atoms with Crippen LogP contribution in [0.3, 0.4) is 0 Å². The fourth-order valence-corrected chi connectivity index (χ4v) is 6.94. The molecule has 0 amide bonds. The van der Waals surface area contributed by atoms with Gasteiger partial charge < -0.3 is 4.57 Å². The van der Waals surface area contributed by atoms with Crippen molar-refractivity contribution in [3.8, 4) is 16.8 Å². The lowest BCUT2D eigenvalue weighted by molar-refractivity contribution is 0.744. The van der Waals surface area contributed by atoms with Gasteiger partial charge in [0, 0.05) is 10.8 Å². The molecule has 5 aromatic carbocycles. The van der Waals surface area contributed by atoms with Gasteiger partial charge in [0.15, 0.2) is 0 Å². The van der Waals surface area contributed by atoms with Gasteiger partial charge in [-0.25, -0.2) is 0 Å². The van der Waals surface area contributed by atoms with Crippen LogP contribution in [0.5, 0.6) is 0 Å². The van der Waals surface area contributed by atoms with Crippen molar-refractivity contribution < 1.29 is 0 Å². The lowest BCUT2D eigenvalue weighted by atomic mass is 9.65. The third-order valence-corrected chi connectivity index (χ3v) is 8.38. The molecular formula is C34H25N. The Balaban J connectivity index is 1.68. The lowest BCUT2D eigenvalue weighted by Crippen LogP contribution is -2.33. The number of rotatable bonds is 1. The van der Waals surface area contributed by atoms with E-state index in [4.69, 9.17) is 0 Å². The summed E-state index contributed by atoms with van der Waals surface area (Å²) in [5.74, 6) is 0.467. The molecule has 0 bridgehead atoms. The van der Waals surface area contributed by atoms with Crippen molar-refractivity contribution in [1.29, 1.82) is 0 Å². The molecule has 35 heavy (non-hydrogen) atoms. The van der Waals surface area contributed by atoms with Crippen molar-refractivity contribution in [3.05, 3.63) is 137 Å². The molecule has 0 saturated carbocycles. The van der Waals surface area contributed by atoms with Gasteiger partial charge in [-0.1, -0.05) is 111 Å². The first-order chi connectivity index (χ1) is 17.2. The van der Waals surface area contributed by atoms with E-state index >= 15 is 0 Å². The molecule has 0 atom stereocenters. The zero-order chi connectivity index (χ0) is 23.3. The summed E-state index contributed by atoms with van der Waals surface area (Å²) in [4.78, 5) is 0. The highest BCUT2D eigenvalue weighted by molar-refractivity contribution is 6.12. The molecule has 1 spiro atoms. The predicted molar refractivity (Wildman–Crippen MR) is 146 cm³/mol. The van der Waals surface area contributed by atoms with Crippen molar-refractivity contribution in [1.82, 2.24) is 4.57 Å². The van der Waals surface area contributed by atoms with Crippen LogP contribution in [0.2, 0.25) is 0 Å². The van der Waals surface area contributed by atoms with Crippen LogP contribution in [-0.4, -0.2) is 4.57 Å². The second-order valence-corrected chi connectivity index (χ2v) is 10.3. The number of hydrogen-bond acceptors (Lipinski definition) is 0. The Morgan fingerprint density at radius 1 is 0.571 bits per heavy atom. The van der Waals surface area contributed by atoms with Crippen LogP contribution in [0.4, 0.5) is 0 Å². The van der Waals surface area contributed by atoms with E-state index in [0.717, 1.165) is 0 Å². The molecule has 1 aromatic heterocycles. The molecule has 1 aliphatic heterocycles. The molecule has 8 rings (SSSR count). The van der Waals surface area contributed by atoms with Crippen LogP contribution in [0.1, 0.15) is 47.6 Å². The van der Waals surface area contributed by atoms with Gasteiger partial charge in [-0.15, -0.1) is 0 Å². The van der Waals surface area contributed by atoms with Gasteiger partial charge in [-0.3, -0.25) is 0 Å². The maximum absolute atomic E-state index is 2.54. The number of nitrogens with zero attached hydrogens (tertiary/aromatic N) is 1. The molecule has 1 nitrogen and oxygen atoms in total. The van der Waals surface area contributed by atoms with Crippen molar-refractivity contribution in [2.75, 3.05) is 0 Å². The van der Waals surface area contributed by atoms with Gasteiger partial charge in [0.1, 0.15) is 0 Å². The highest BCUT2D eigenvalue weighted by Crippen LogP contribution is 2.60. The average molecular weight is 448 g/mol. The number of aromatic nitrogens is 1. The van der Waals surface area contributed by atoms with Crippen LogP contribution in [0.15, 0.2) is 109 Å². The molecule has 2 aliphatic rings. The molecule has 1 heteroatoms. The SMILES string of the molecule is CC(C)c1ccc2c(c1)-n1c3ccccc3c3cccc(c31)C21c2ccccc2-c2ccccc21. The summed E-state index contributed by atoms with van der Waals surface area (Å²) in [7, 11) is 0. The van der Waals surface area contributed by atoms with E-state index in [0.29, 0.717) is 5.92 Å². The molecule has 0 unspecified atom stereocenters. The summed E-state index contributed by atoms with van der Waals surface area (Å²) >= 11 is 0. The van der Waals surface area contributed by atoms with Gasteiger partial charge in [0.05, 0.1) is 22.1 Å². The Morgan fingerprint density at radius 3 is 1.94 bits per heavy atom. The monoisotopic (exact) mass is 447 g/mol. The van der Waals surface area contributed by atoms with E-state index in [1.165, 1.54) is 66.4 Å². The zero-order valence-electron chi connectivity index (χ0n) is 19.9. The first kappa shape index (κ1) is 19.2. The largest absolute Gasteiger partial charge is 0.309 e. The van der Waals surface area contributed by atoms with Crippen LogP contribution in [0.25, 0.3) is 38.6 Å². The average Bonchev–Trinajstić information content (AvgIpc) is 3.39. The summed E-state index contributed by atoms with van der Waals surface area (Å²) in [5.41, 5.74) is 13.2. The van der Waals surface area contributed by atoms with Crippen LogP contribution in [0, 0.1) is 0 Å². The molecule has 0 N–H and O–H groups in total. The van der Waals surface area contributed by atoms with Gasteiger partial charge >= 0.3 is 0 Å². The minimum atomic E-state index is -0.331. The van der Waals surface area contributed by atoms with Crippen molar-refractivity contribution in [2.45, 2.75) is 25.2 Å². The van der Waals surface area contributed by atoms with E-state index in [1.54, 1.807) is 0 Å². The fourth-order valence-electron chi connectivity index (χ4n) is 6.94. The fraction of sp³-hybridized carbons (Fsp3) is 0.118. The Morgan fingerprint density at radius 2 is 1.20 bits per heavy atom. The van der Waals surface area contributed by atoms with Crippen molar-refractivity contribution >= 4 is 21.8 Å². The first-order valence-corrected chi connectivity index (χ1v) is 12.6. The van der Waals surface area contributed by atoms with Crippen LogP contribution in [-0.2, 0) is 5.41 Å². The summed E-state index contributed by atoms with van der Waals surface area (Å²) in [6, 6.07) is 41.1. The van der Waals surface area contributed by atoms with Gasteiger partial charge in [0.25, 0.3) is 0 Å². The molecule has 166 valence electrons. The maximum Gasteiger partial charge on any atom is 0.0754 e. The molecule has 6 aromatic rings. The standard InChI is InChI=1S/C34H25N/c1-21(2)22-18-19-29-32(20-22)35-31-17-8-5-12-25(31)26-13-9-16-30(33(26)35)34(29)27-14-6-3-10-23(27)24-11-4-7-15-28(24)34/h3-21H,1-2H3. The topological polar surface area (TPSA) is 4.93 Å². The van der Waals surface area contributed by atoms with Crippen molar-refractivity contribution in [2.24, 2.45) is 0 Å². The Bertz CT molecular complexity index is 1790. The van der Waals surface area contributed by atoms with E-state index < -0.39 is 0 Å². The smallest absolute Gasteiger partial charge is 0.0754 e. The Labute approximate surface area is 205 Å². The van der Waals surface area contributed by atoms with E-state index in [1.807, 2.05) is 0 Å². The quantitative estimate of drug-likeness (QED) is 0.237. The molecular weight excluding hydrogens is 422 g/mol. The number of hydrogen-bond donors (Lipinski definition) is 0. The molecule has 1 aliphatic carbocycles. The highest BCUT2D eigenvalue weighted by Gasteiger charge is 2.50. The summed E-state index contributed by atoms with van der Waals surface area (Å²) in [6.45, 7) is 4.58. The highest BCUT2D eigenvalue weighted by atomic mass is 15.0. The van der Waals surface area contributed by atoms with Crippen LogP contribution < -0.4 is 0 Å². The van der Waals surface area contributed by atoms with Gasteiger partial charge in [-0.05, 0) is 57.0 Å². The zero-order valence-corrected chi connectivity index (χ0v) is 19.9. The normalized spacial score (nSPS) is 14.5. The Hall–Kier alpha value is -4.10. The second-order valence-electron chi connectivity index (χ2n) is 10.3. The molecule has 0 radical (unpaired) electrons. The lowest BCUT2D eigenvalue weighted by Gasteiger charge is -2.40. The Kier molecular flexibility index (Phi) is 3.58. The summed E-state index contributed by atoms with van der Waals surface area (Å²) < 4.78 is 2.54. The van der Waals surface area contributed by atoms with E-state index in [-0.39, 0.29) is 5.41 Å². The molecule has 2 heterocycles. The van der Waals surface area contributed by atoms with E-state index in [2.05, 4.69) is 128 Å². The molecule has 0 fully saturated rings.